The SMILES string of the molecule is CCN(CC)CC(=O)Nc1cc(C)ccn1.Cl.Cl. The molecule has 0 aliphatic rings. The van der Waals surface area contributed by atoms with Crippen LogP contribution in [0.5, 0.6) is 0 Å². The summed E-state index contributed by atoms with van der Waals surface area (Å²) in [6.45, 7) is 8.24. The van der Waals surface area contributed by atoms with E-state index in [-0.39, 0.29) is 30.7 Å². The van der Waals surface area contributed by atoms with Crippen molar-refractivity contribution in [1.29, 1.82) is 0 Å². The highest BCUT2D eigenvalue weighted by Gasteiger charge is 2.07. The lowest BCUT2D eigenvalue weighted by Gasteiger charge is -2.16. The maximum atomic E-state index is 11.7. The molecule has 0 saturated carbocycles. The molecular formula is C12H21Cl2N3O. The first-order valence-electron chi connectivity index (χ1n) is 5.60. The highest BCUT2D eigenvalue weighted by molar-refractivity contribution is 5.91. The number of anilines is 1. The van der Waals surface area contributed by atoms with Crippen LogP contribution >= 0.6 is 24.8 Å². The van der Waals surface area contributed by atoms with Gasteiger partial charge in [0, 0.05) is 6.20 Å². The first-order valence-corrected chi connectivity index (χ1v) is 5.60. The van der Waals surface area contributed by atoms with Crippen LogP contribution in [0, 0.1) is 6.92 Å². The average Bonchev–Trinajstić information content (AvgIpc) is 2.26. The van der Waals surface area contributed by atoms with Crippen LogP contribution in [0.3, 0.4) is 0 Å². The largest absolute Gasteiger partial charge is 0.310 e. The predicted octanol–water partition coefficient (Wildman–Crippen LogP) is 2.51. The third kappa shape index (κ3) is 6.79. The number of nitrogens with one attached hydrogen (secondary N) is 1. The van der Waals surface area contributed by atoms with E-state index in [1.807, 2.05) is 32.9 Å². The molecule has 0 aromatic carbocycles. The lowest BCUT2D eigenvalue weighted by Crippen LogP contribution is -2.33. The van der Waals surface area contributed by atoms with Crippen LogP contribution in [-0.2, 0) is 4.79 Å². The molecule has 1 aromatic rings. The average molecular weight is 294 g/mol. The molecule has 104 valence electrons. The number of hydrogen-bond donors (Lipinski definition) is 1. The van der Waals surface area contributed by atoms with Crippen LogP contribution in [0.25, 0.3) is 0 Å². The second-order valence-corrected chi connectivity index (χ2v) is 3.73. The zero-order valence-electron chi connectivity index (χ0n) is 11.0. The van der Waals surface area contributed by atoms with Gasteiger partial charge in [-0.25, -0.2) is 4.98 Å². The Morgan fingerprint density at radius 1 is 1.33 bits per heavy atom. The molecule has 6 heteroatoms. The summed E-state index contributed by atoms with van der Waals surface area (Å²) >= 11 is 0. The molecule has 0 fully saturated rings. The summed E-state index contributed by atoms with van der Waals surface area (Å²) in [5.74, 6) is 0.610. The number of aryl methyl sites for hydroxylation is 1. The standard InChI is InChI=1S/C12H19N3O.2ClH/c1-4-15(5-2)9-12(16)14-11-8-10(3)6-7-13-11;;/h6-8H,4-5,9H2,1-3H3,(H,13,14,16);2*1H. The van der Waals surface area contributed by atoms with Crippen molar-refractivity contribution >= 4 is 36.5 Å². The minimum Gasteiger partial charge on any atom is -0.310 e. The van der Waals surface area contributed by atoms with Crippen molar-refractivity contribution in [3.63, 3.8) is 0 Å². The number of carbonyl (C=O) groups is 1. The highest BCUT2D eigenvalue weighted by Crippen LogP contribution is 2.05. The first-order chi connectivity index (χ1) is 7.65. The van der Waals surface area contributed by atoms with Gasteiger partial charge in [-0.15, -0.1) is 24.8 Å². The first kappa shape index (κ1) is 19.5. The lowest BCUT2D eigenvalue weighted by atomic mass is 10.3. The minimum absolute atomic E-state index is 0. The fourth-order valence-electron chi connectivity index (χ4n) is 1.44. The summed E-state index contributed by atoms with van der Waals surface area (Å²) in [5, 5.41) is 2.79. The number of amides is 1. The molecular weight excluding hydrogens is 273 g/mol. The molecule has 4 nitrogen and oxygen atoms in total. The predicted molar refractivity (Wildman–Crippen MR) is 79.9 cm³/mol. The molecule has 1 aromatic heterocycles. The monoisotopic (exact) mass is 293 g/mol. The fourth-order valence-corrected chi connectivity index (χ4v) is 1.44. The Kier molecular flexibility index (Phi) is 11.0. The van der Waals surface area contributed by atoms with E-state index in [0.717, 1.165) is 18.7 Å². The molecule has 1 N–H and O–H groups in total. The van der Waals surface area contributed by atoms with Gasteiger partial charge in [-0.1, -0.05) is 13.8 Å². The number of aromatic nitrogens is 1. The summed E-state index contributed by atoms with van der Waals surface area (Å²) in [7, 11) is 0. The van der Waals surface area contributed by atoms with Gasteiger partial charge in [0.05, 0.1) is 6.54 Å². The molecule has 1 rings (SSSR count). The van der Waals surface area contributed by atoms with Gasteiger partial charge in [-0.3, -0.25) is 9.69 Å². The van der Waals surface area contributed by atoms with Crippen molar-refractivity contribution in [2.24, 2.45) is 0 Å². The molecule has 0 aliphatic heterocycles. The van der Waals surface area contributed by atoms with E-state index in [9.17, 15) is 4.79 Å². The van der Waals surface area contributed by atoms with Crippen LogP contribution in [0.15, 0.2) is 18.3 Å². The van der Waals surface area contributed by atoms with E-state index in [2.05, 4.69) is 15.2 Å². The van der Waals surface area contributed by atoms with Gasteiger partial charge in [0.2, 0.25) is 5.91 Å². The van der Waals surface area contributed by atoms with Gasteiger partial charge in [0.15, 0.2) is 0 Å². The number of rotatable bonds is 5. The third-order valence-corrected chi connectivity index (χ3v) is 2.44. The van der Waals surface area contributed by atoms with E-state index in [1.165, 1.54) is 0 Å². The smallest absolute Gasteiger partial charge is 0.239 e. The molecule has 18 heavy (non-hydrogen) atoms. The van der Waals surface area contributed by atoms with Crippen molar-refractivity contribution in [2.45, 2.75) is 20.8 Å². The molecule has 1 heterocycles. The Bertz CT molecular complexity index is 357. The number of likely N-dealkylation sites (N-methyl/N-ethyl adjacent to an activating group) is 1. The third-order valence-electron chi connectivity index (χ3n) is 2.44. The zero-order chi connectivity index (χ0) is 12.0. The molecule has 0 atom stereocenters. The van der Waals surface area contributed by atoms with Crippen molar-refractivity contribution in [2.75, 3.05) is 25.0 Å². The van der Waals surface area contributed by atoms with Gasteiger partial charge in [0.1, 0.15) is 5.82 Å². The van der Waals surface area contributed by atoms with Gasteiger partial charge in [-0.05, 0) is 37.7 Å². The van der Waals surface area contributed by atoms with Gasteiger partial charge >= 0.3 is 0 Å². The molecule has 0 unspecified atom stereocenters. The maximum Gasteiger partial charge on any atom is 0.239 e. The molecule has 0 spiro atoms. The van der Waals surface area contributed by atoms with E-state index < -0.39 is 0 Å². The summed E-state index contributed by atoms with van der Waals surface area (Å²) in [5.41, 5.74) is 1.09. The van der Waals surface area contributed by atoms with Gasteiger partial charge < -0.3 is 5.32 Å². The van der Waals surface area contributed by atoms with Crippen LogP contribution in [0.4, 0.5) is 5.82 Å². The summed E-state index contributed by atoms with van der Waals surface area (Å²) in [6.07, 6.45) is 1.70. The summed E-state index contributed by atoms with van der Waals surface area (Å²) < 4.78 is 0. The van der Waals surface area contributed by atoms with Crippen molar-refractivity contribution in [3.05, 3.63) is 23.9 Å². The second-order valence-electron chi connectivity index (χ2n) is 3.73. The van der Waals surface area contributed by atoms with Gasteiger partial charge in [-0.2, -0.15) is 0 Å². The van der Waals surface area contributed by atoms with Crippen LogP contribution in [-0.4, -0.2) is 35.4 Å². The van der Waals surface area contributed by atoms with Crippen LogP contribution in [0.1, 0.15) is 19.4 Å². The minimum atomic E-state index is -0.0122. The lowest BCUT2D eigenvalue weighted by molar-refractivity contribution is -0.117. The Hall–Kier alpha value is -0.840. The molecule has 0 aliphatic carbocycles. The summed E-state index contributed by atoms with van der Waals surface area (Å²) in [6, 6.07) is 3.76. The quantitative estimate of drug-likeness (QED) is 0.907. The molecule has 0 saturated heterocycles. The van der Waals surface area contributed by atoms with E-state index in [0.29, 0.717) is 12.4 Å². The maximum absolute atomic E-state index is 11.7. The Morgan fingerprint density at radius 3 is 2.44 bits per heavy atom. The van der Waals surface area contributed by atoms with Crippen molar-refractivity contribution in [1.82, 2.24) is 9.88 Å². The van der Waals surface area contributed by atoms with Crippen LogP contribution < -0.4 is 5.32 Å². The van der Waals surface area contributed by atoms with Crippen molar-refractivity contribution < 1.29 is 4.79 Å². The van der Waals surface area contributed by atoms with E-state index in [4.69, 9.17) is 0 Å². The number of nitrogens with zero attached hydrogens (tertiary/aromatic N) is 2. The van der Waals surface area contributed by atoms with E-state index in [1.54, 1.807) is 6.20 Å². The van der Waals surface area contributed by atoms with Gasteiger partial charge in [0.25, 0.3) is 0 Å². The normalized spacial score (nSPS) is 9.33. The topological polar surface area (TPSA) is 45.2 Å². The summed E-state index contributed by atoms with van der Waals surface area (Å²) in [4.78, 5) is 17.8. The number of halogens is 2. The highest BCUT2D eigenvalue weighted by atomic mass is 35.5. The Morgan fingerprint density at radius 2 is 1.94 bits per heavy atom. The van der Waals surface area contributed by atoms with Crippen LogP contribution in [0.2, 0.25) is 0 Å². The number of carbonyl (C=O) groups excluding carboxylic acids is 1. The van der Waals surface area contributed by atoms with Crippen molar-refractivity contribution in [3.8, 4) is 0 Å². The molecule has 1 amide bonds. The Labute approximate surface area is 121 Å². The second kappa shape index (κ2) is 10.1. The number of pyridine rings is 1. The fraction of sp³-hybridized carbons (Fsp3) is 0.500. The Balaban J connectivity index is 0. The zero-order valence-corrected chi connectivity index (χ0v) is 12.6. The van der Waals surface area contributed by atoms with E-state index >= 15 is 0 Å². The molecule has 0 bridgehead atoms. The number of hydrogen-bond acceptors (Lipinski definition) is 3. The molecule has 0 radical (unpaired) electrons.